The van der Waals surface area contributed by atoms with E-state index in [-0.39, 0.29) is 11.6 Å². The zero-order valence-electron chi connectivity index (χ0n) is 6.02. The average molecular weight is 192 g/mol. The Morgan fingerprint density at radius 3 is 2.67 bits per heavy atom. The second-order valence-electron chi connectivity index (χ2n) is 2.10. The first-order valence-corrected chi connectivity index (χ1v) is 4.57. The van der Waals surface area contributed by atoms with Crippen molar-refractivity contribution in [2.75, 3.05) is 0 Å². The van der Waals surface area contributed by atoms with Crippen molar-refractivity contribution in [1.82, 2.24) is 5.48 Å². The Hall–Kier alpha value is -0.890. The maximum absolute atomic E-state index is 10.7. The smallest absolute Gasteiger partial charge is 0.271 e. The molecule has 1 rings (SSSR count). The minimum absolute atomic E-state index is 0.0372. The summed E-state index contributed by atoms with van der Waals surface area (Å²) < 4.78 is 26.1. The summed E-state index contributed by atoms with van der Waals surface area (Å²) in [6.45, 7) is 0.0372. The number of furan rings is 1. The van der Waals surface area contributed by atoms with Crippen molar-refractivity contribution >= 4 is 10.0 Å². The van der Waals surface area contributed by atoms with Gasteiger partial charge in [-0.15, -0.1) is 0 Å². The van der Waals surface area contributed by atoms with Crippen molar-refractivity contribution < 1.29 is 18.0 Å². The van der Waals surface area contributed by atoms with Crippen LogP contribution in [0.4, 0.5) is 0 Å². The highest BCUT2D eigenvalue weighted by molar-refractivity contribution is 7.89. The highest BCUT2D eigenvalue weighted by Crippen LogP contribution is 2.11. The summed E-state index contributed by atoms with van der Waals surface area (Å²) >= 11 is 0. The van der Waals surface area contributed by atoms with Gasteiger partial charge in [0.15, 0.2) is 0 Å². The van der Waals surface area contributed by atoms with Crippen LogP contribution in [0.15, 0.2) is 21.6 Å². The number of nitrogens with two attached hydrogens (primary N) is 1. The molecule has 0 amide bonds. The summed E-state index contributed by atoms with van der Waals surface area (Å²) in [4.78, 5) is 0. The molecule has 6 nitrogen and oxygen atoms in total. The van der Waals surface area contributed by atoms with Crippen molar-refractivity contribution in [2.24, 2.45) is 5.14 Å². The van der Waals surface area contributed by atoms with Crippen LogP contribution in [0, 0.1) is 0 Å². The Balaban J connectivity index is 2.92. The van der Waals surface area contributed by atoms with E-state index in [1.165, 1.54) is 12.1 Å². The summed E-state index contributed by atoms with van der Waals surface area (Å²) in [5.41, 5.74) is 1.82. The predicted octanol–water partition coefficient (Wildman–Crippen LogP) is -0.594. The second kappa shape index (κ2) is 3.23. The quantitative estimate of drug-likeness (QED) is 0.555. The van der Waals surface area contributed by atoms with E-state index < -0.39 is 10.0 Å². The summed E-state index contributed by atoms with van der Waals surface area (Å²) in [6, 6.07) is 2.63. The lowest BCUT2D eigenvalue weighted by atomic mass is 10.5. The SMILES string of the molecule is NS(=O)(=O)c1ccc(CNO)o1. The molecule has 0 bridgehead atoms. The van der Waals surface area contributed by atoms with E-state index in [1.54, 1.807) is 0 Å². The van der Waals surface area contributed by atoms with E-state index in [0.29, 0.717) is 5.76 Å². The molecule has 0 saturated heterocycles. The van der Waals surface area contributed by atoms with Crippen LogP contribution in [-0.2, 0) is 16.6 Å². The van der Waals surface area contributed by atoms with Crippen LogP contribution in [0.3, 0.4) is 0 Å². The van der Waals surface area contributed by atoms with Gasteiger partial charge in [0.05, 0.1) is 6.54 Å². The van der Waals surface area contributed by atoms with Crippen LogP contribution in [0.25, 0.3) is 0 Å². The molecule has 7 heteroatoms. The van der Waals surface area contributed by atoms with Crippen molar-refractivity contribution in [3.05, 3.63) is 17.9 Å². The van der Waals surface area contributed by atoms with Gasteiger partial charge in [0.2, 0.25) is 5.09 Å². The van der Waals surface area contributed by atoms with Gasteiger partial charge < -0.3 is 9.62 Å². The Morgan fingerprint density at radius 2 is 2.25 bits per heavy atom. The Labute approximate surface area is 69.0 Å². The summed E-state index contributed by atoms with van der Waals surface area (Å²) in [6.07, 6.45) is 0. The molecule has 0 aliphatic heterocycles. The molecule has 0 aromatic carbocycles. The Bertz CT molecular complexity index is 355. The maximum atomic E-state index is 10.7. The van der Waals surface area contributed by atoms with Crippen LogP contribution in [-0.4, -0.2) is 13.6 Å². The molecule has 0 fully saturated rings. The second-order valence-corrected chi connectivity index (χ2v) is 3.59. The summed E-state index contributed by atoms with van der Waals surface area (Å²) in [5.74, 6) is 0.293. The first kappa shape index (κ1) is 9.20. The van der Waals surface area contributed by atoms with Crippen LogP contribution in [0.1, 0.15) is 5.76 Å². The van der Waals surface area contributed by atoms with Gasteiger partial charge >= 0.3 is 0 Å². The molecule has 68 valence electrons. The van der Waals surface area contributed by atoms with E-state index in [0.717, 1.165) is 0 Å². The van der Waals surface area contributed by atoms with E-state index in [1.807, 2.05) is 5.48 Å². The van der Waals surface area contributed by atoms with Crippen LogP contribution in [0.5, 0.6) is 0 Å². The van der Waals surface area contributed by atoms with Gasteiger partial charge in [-0.3, -0.25) is 0 Å². The van der Waals surface area contributed by atoms with Gasteiger partial charge in [0.25, 0.3) is 10.0 Å². The lowest BCUT2D eigenvalue weighted by Crippen LogP contribution is -2.11. The van der Waals surface area contributed by atoms with Crippen LogP contribution < -0.4 is 10.6 Å². The molecule has 4 N–H and O–H groups in total. The molecule has 0 spiro atoms. The fourth-order valence-corrected chi connectivity index (χ4v) is 1.16. The monoisotopic (exact) mass is 192 g/mol. The molecule has 1 aromatic rings. The molecule has 0 aliphatic rings. The number of hydrogen-bond acceptors (Lipinski definition) is 5. The first-order chi connectivity index (χ1) is 5.54. The van der Waals surface area contributed by atoms with Crippen molar-refractivity contribution in [3.8, 4) is 0 Å². The van der Waals surface area contributed by atoms with Gasteiger partial charge in [-0.2, -0.15) is 5.48 Å². The standard InChI is InChI=1S/C5H8N2O4S/c6-12(9,10)5-2-1-4(11-5)3-7-8/h1-2,7-8H,3H2,(H2,6,9,10). The van der Waals surface area contributed by atoms with Gasteiger partial charge in [-0.05, 0) is 12.1 Å². The largest absolute Gasteiger partial charge is 0.447 e. The molecular formula is C5H8N2O4S. The van der Waals surface area contributed by atoms with Crippen molar-refractivity contribution in [3.63, 3.8) is 0 Å². The number of hydroxylamine groups is 1. The first-order valence-electron chi connectivity index (χ1n) is 3.02. The third kappa shape index (κ3) is 2.05. The Kier molecular flexibility index (Phi) is 2.48. The normalized spacial score (nSPS) is 11.8. The van der Waals surface area contributed by atoms with Gasteiger partial charge in [0, 0.05) is 0 Å². The van der Waals surface area contributed by atoms with Crippen LogP contribution >= 0.6 is 0 Å². The molecule has 0 saturated carbocycles. The molecular weight excluding hydrogens is 184 g/mol. The fraction of sp³-hybridized carbons (Fsp3) is 0.200. The molecule has 0 unspecified atom stereocenters. The number of primary sulfonamides is 1. The molecule has 0 atom stereocenters. The van der Waals surface area contributed by atoms with E-state index in [9.17, 15) is 8.42 Å². The number of rotatable bonds is 3. The van der Waals surface area contributed by atoms with Gasteiger partial charge in [-0.1, -0.05) is 0 Å². The number of hydrogen-bond donors (Lipinski definition) is 3. The van der Waals surface area contributed by atoms with E-state index in [4.69, 9.17) is 14.8 Å². The lowest BCUT2D eigenvalue weighted by Gasteiger charge is -1.92. The third-order valence-electron chi connectivity index (χ3n) is 1.17. The molecule has 0 radical (unpaired) electrons. The van der Waals surface area contributed by atoms with E-state index >= 15 is 0 Å². The molecule has 1 heterocycles. The minimum atomic E-state index is -3.78. The molecule has 0 aliphatic carbocycles. The van der Waals surface area contributed by atoms with E-state index in [2.05, 4.69) is 0 Å². The fourth-order valence-electron chi connectivity index (χ4n) is 0.684. The van der Waals surface area contributed by atoms with Crippen LogP contribution in [0.2, 0.25) is 0 Å². The minimum Gasteiger partial charge on any atom is -0.447 e. The maximum Gasteiger partial charge on any atom is 0.271 e. The molecule has 12 heavy (non-hydrogen) atoms. The third-order valence-corrected chi connectivity index (χ3v) is 1.95. The Morgan fingerprint density at radius 1 is 1.58 bits per heavy atom. The van der Waals surface area contributed by atoms with Crippen molar-refractivity contribution in [1.29, 1.82) is 0 Å². The summed E-state index contributed by atoms with van der Waals surface area (Å²) in [5, 5.41) is 12.7. The average Bonchev–Trinajstić information content (AvgIpc) is 2.35. The molecule has 1 aromatic heterocycles. The number of nitrogens with one attached hydrogen (secondary N) is 1. The topological polar surface area (TPSA) is 106 Å². The van der Waals surface area contributed by atoms with Gasteiger partial charge in [0.1, 0.15) is 5.76 Å². The zero-order chi connectivity index (χ0) is 9.19. The lowest BCUT2D eigenvalue weighted by molar-refractivity contribution is 0.151. The van der Waals surface area contributed by atoms with Gasteiger partial charge in [-0.25, -0.2) is 13.6 Å². The van der Waals surface area contributed by atoms with Crippen molar-refractivity contribution in [2.45, 2.75) is 11.6 Å². The highest BCUT2D eigenvalue weighted by atomic mass is 32.2. The summed E-state index contributed by atoms with van der Waals surface area (Å²) in [7, 11) is -3.78. The number of sulfonamides is 1. The predicted molar refractivity (Wildman–Crippen MR) is 38.7 cm³/mol. The highest BCUT2D eigenvalue weighted by Gasteiger charge is 2.12. The zero-order valence-corrected chi connectivity index (χ0v) is 6.84.